The molecule has 0 aliphatic carbocycles. The van der Waals surface area contributed by atoms with Gasteiger partial charge in [-0.3, -0.25) is 0 Å². The minimum absolute atomic E-state index is 0.0147. The van der Waals surface area contributed by atoms with Gasteiger partial charge in [-0.05, 0) is 12.1 Å². The Morgan fingerprint density at radius 1 is 1.29 bits per heavy atom. The number of ether oxygens (including phenoxy) is 1. The van der Waals surface area contributed by atoms with E-state index in [1.165, 1.54) is 12.1 Å². The van der Waals surface area contributed by atoms with Gasteiger partial charge in [0.1, 0.15) is 4.90 Å². The van der Waals surface area contributed by atoms with E-state index in [4.69, 9.17) is 27.9 Å². The Morgan fingerprint density at radius 2 is 1.81 bits per heavy atom. The van der Waals surface area contributed by atoms with Crippen LogP contribution < -0.4 is 4.72 Å². The molecule has 0 unspecified atom stereocenters. The highest BCUT2D eigenvalue weighted by atomic mass is 79.9. The molecule has 0 bridgehead atoms. The van der Waals surface area contributed by atoms with Gasteiger partial charge in [0.25, 0.3) is 0 Å². The summed E-state index contributed by atoms with van der Waals surface area (Å²) in [6.07, 6.45) is 0.745. The Labute approximate surface area is 141 Å². The lowest BCUT2D eigenvalue weighted by atomic mass is 9.95. The van der Waals surface area contributed by atoms with Crippen LogP contribution in [-0.4, -0.2) is 38.9 Å². The Morgan fingerprint density at radius 3 is 2.33 bits per heavy atom. The number of sulfonamides is 1. The first-order chi connectivity index (χ1) is 9.73. The molecule has 0 spiro atoms. The topological polar surface area (TPSA) is 75.6 Å². The Bertz CT molecular complexity index is 609. The second-order valence-corrected chi connectivity index (χ2v) is 8.29. The summed E-state index contributed by atoms with van der Waals surface area (Å²) in [7, 11) is -3.91. The monoisotopic (exact) mass is 417 g/mol. The molecule has 21 heavy (non-hydrogen) atoms. The fraction of sp³-hybridized carbons (Fsp3) is 0.500. The summed E-state index contributed by atoms with van der Waals surface area (Å²) in [6.45, 7) is 0.692. The quantitative estimate of drug-likeness (QED) is 0.787. The van der Waals surface area contributed by atoms with Crippen molar-refractivity contribution in [1.82, 2.24) is 4.72 Å². The van der Waals surface area contributed by atoms with E-state index >= 15 is 0 Å². The molecule has 0 saturated carbocycles. The molecule has 0 amide bonds. The number of hydrogen-bond donors (Lipinski definition) is 2. The molecule has 1 fully saturated rings. The van der Waals surface area contributed by atoms with Crippen molar-refractivity contribution in [3.05, 3.63) is 26.7 Å². The van der Waals surface area contributed by atoms with Gasteiger partial charge in [-0.25, -0.2) is 13.1 Å². The van der Waals surface area contributed by atoms with Gasteiger partial charge in [-0.2, -0.15) is 0 Å². The molecular formula is C12H14BrCl2NO4S. The highest BCUT2D eigenvalue weighted by molar-refractivity contribution is 9.10. The first-order valence-corrected chi connectivity index (χ1v) is 9.21. The number of benzene rings is 1. The van der Waals surface area contributed by atoms with Crippen LogP contribution in [0.3, 0.4) is 0 Å². The van der Waals surface area contributed by atoms with Gasteiger partial charge in [0.2, 0.25) is 10.0 Å². The van der Waals surface area contributed by atoms with Crippen molar-refractivity contribution in [2.45, 2.75) is 23.3 Å². The lowest BCUT2D eigenvalue weighted by Gasteiger charge is -2.32. The summed E-state index contributed by atoms with van der Waals surface area (Å²) >= 11 is 15.1. The molecule has 1 aromatic rings. The maximum Gasteiger partial charge on any atom is 0.243 e. The lowest BCUT2D eigenvalue weighted by molar-refractivity contribution is -0.0588. The van der Waals surface area contributed by atoms with Gasteiger partial charge in [0, 0.05) is 37.1 Å². The van der Waals surface area contributed by atoms with Crippen molar-refractivity contribution in [3.8, 4) is 0 Å². The van der Waals surface area contributed by atoms with Crippen LogP contribution in [0, 0.1) is 0 Å². The summed E-state index contributed by atoms with van der Waals surface area (Å²) in [5.41, 5.74) is -1.11. The van der Waals surface area contributed by atoms with Crippen LogP contribution in [0.15, 0.2) is 21.5 Å². The molecule has 1 saturated heterocycles. The second kappa shape index (κ2) is 6.70. The van der Waals surface area contributed by atoms with Gasteiger partial charge < -0.3 is 9.84 Å². The maximum atomic E-state index is 12.3. The van der Waals surface area contributed by atoms with E-state index in [1.807, 2.05) is 0 Å². The fourth-order valence-corrected chi connectivity index (χ4v) is 5.07. The molecular weight excluding hydrogens is 405 g/mol. The molecule has 1 heterocycles. The Hall–Kier alpha value is 0.110. The van der Waals surface area contributed by atoms with Crippen LogP contribution in [-0.2, 0) is 14.8 Å². The summed E-state index contributed by atoms with van der Waals surface area (Å²) < 4.78 is 32.8. The molecule has 1 aliphatic heterocycles. The average molecular weight is 419 g/mol. The van der Waals surface area contributed by atoms with Gasteiger partial charge in [-0.15, -0.1) is 0 Å². The van der Waals surface area contributed by atoms with Crippen molar-refractivity contribution >= 4 is 49.2 Å². The average Bonchev–Trinajstić information content (AvgIpc) is 2.36. The van der Waals surface area contributed by atoms with E-state index in [2.05, 4.69) is 20.7 Å². The summed E-state index contributed by atoms with van der Waals surface area (Å²) in [5.74, 6) is 0. The normalized spacial score (nSPS) is 18.7. The van der Waals surface area contributed by atoms with Gasteiger partial charge in [0.05, 0.1) is 15.6 Å². The predicted octanol–water partition coefficient (Wildman–Crippen LogP) is 2.58. The molecule has 9 heteroatoms. The SMILES string of the molecule is O=S(=O)(NCC1(O)CCOCC1)c1c(Cl)cc(Br)cc1Cl. The summed E-state index contributed by atoms with van der Waals surface area (Å²) in [4.78, 5) is -0.190. The fourth-order valence-electron chi connectivity index (χ4n) is 2.02. The first-order valence-electron chi connectivity index (χ1n) is 6.18. The molecule has 1 aliphatic rings. The van der Waals surface area contributed by atoms with E-state index in [-0.39, 0.29) is 21.5 Å². The molecule has 118 valence electrons. The highest BCUT2D eigenvalue weighted by Crippen LogP contribution is 2.33. The van der Waals surface area contributed by atoms with Gasteiger partial charge in [-0.1, -0.05) is 39.1 Å². The molecule has 1 aromatic carbocycles. The van der Waals surface area contributed by atoms with Crippen molar-refractivity contribution in [2.75, 3.05) is 19.8 Å². The van der Waals surface area contributed by atoms with Crippen LogP contribution in [0.4, 0.5) is 0 Å². The van der Waals surface area contributed by atoms with Crippen molar-refractivity contribution < 1.29 is 18.3 Å². The third kappa shape index (κ3) is 4.31. The van der Waals surface area contributed by atoms with E-state index in [9.17, 15) is 13.5 Å². The van der Waals surface area contributed by atoms with E-state index in [1.54, 1.807) is 0 Å². The number of rotatable bonds is 4. The minimum atomic E-state index is -3.91. The largest absolute Gasteiger partial charge is 0.388 e. The molecule has 0 radical (unpaired) electrons. The number of aliphatic hydroxyl groups is 1. The van der Waals surface area contributed by atoms with Crippen LogP contribution in [0.2, 0.25) is 10.0 Å². The number of halogens is 3. The molecule has 2 rings (SSSR count). The standard InChI is InChI=1S/C12H14BrCl2NO4S/c13-8-5-9(14)11(10(15)6-8)21(18,19)16-7-12(17)1-3-20-4-2-12/h5-6,16-17H,1-4,7H2. The Kier molecular flexibility index (Phi) is 5.57. The van der Waals surface area contributed by atoms with E-state index < -0.39 is 15.6 Å². The zero-order valence-corrected chi connectivity index (χ0v) is 14.8. The summed E-state index contributed by atoms with van der Waals surface area (Å²) in [6, 6.07) is 2.90. The van der Waals surface area contributed by atoms with Gasteiger partial charge in [0.15, 0.2) is 0 Å². The van der Waals surface area contributed by atoms with Crippen molar-refractivity contribution in [1.29, 1.82) is 0 Å². The second-order valence-electron chi connectivity index (χ2n) is 4.86. The molecule has 0 aromatic heterocycles. The van der Waals surface area contributed by atoms with Crippen LogP contribution >= 0.6 is 39.1 Å². The Balaban J connectivity index is 2.19. The highest BCUT2D eigenvalue weighted by Gasteiger charge is 2.32. The molecule has 5 nitrogen and oxygen atoms in total. The molecule has 0 atom stereocenters. The van der Waals surface area contributed by atoms with Crippen LogP contribution in [0.1, 0.15) is 12.8 Å². The predicted molar refractivity (Wildman–Crippen MR) is 84.4 cm³/mol. The van der Waals surface area contributed by atoms with Crippen LogP contribution in [0.25, 0.3) is 0 Å². The first kappa shape index (κ1) is 17.5. The van der Waals surface area contributed by atoms with Crippen molar-refractivity contribution in [3.63, 3.8) is 0 Å². The minimum Gasteiger partial charge on any atom is -0.388 e. The van der Waals surface area contributed by atoms with Crippen molar-refractivity contribution in [2.24, 2.45) is 0 Å². The third-order valence-corrected chi connectivity index (χ3v) is 6.03. The van der Waals surface area contributed by atoms with Crippen LogP contribution in [0.5, 0.6) is 0 Å². The zero-order valence-electron chi connectivity index (χ0n) is 10.9. The zero-order chi connectivity index (χ0) is 15.7. The third-order valence-electron chi connectivity index (χ3n) is 3.25. The smallest absolute Gasteiger partial charge is 0.243 e. The van der Waals surface area contributed by atoms with E-state index in [0.29, 0.717) is 30.5 Å². The number of hydrogen-bond acceptors (Lipinski definition) is 4. The van der Waals surface area contributed by atoms with Gasteiger partial charge >= 0.3 is 0 Å². The maximum absolute atomic E-state index is 12.3. The summed E-state index contributed by atoms with van der Waals surface area (Å²) in [5, 5.41) is 10.3. The molecule has 2 N–H and O–H groups in total. The lowest BCUT2D eigenvalue weighted by Crippen LogP contribution is -2.46. The van der Waals surface area contributed by atoms with E-state index in [0.717, 1.165) is 0 Å². The number of nitrogens with one attached hydrogen (secondary N) is 1.